The van der Waals surface area contributed by atoms with Crippen molar-refractivity contribution in [3.63, 3.8) is 0 Å². The van der Waals surface area contributed by atoms with Crippen LogP contribution in [-0.4, -0.2) is 24.7 Å². The Morgan fingerprint density at radius 2 is 2.22 bits per heavy atom. The molecule has 3 nitrogen and oxygen atoms in total. The first kappa shape index (κ1) is 14.6. The molecule has 3 N–H and O–H groups in total. The Hall–Kier alpha value is -1.44. The van der Waals surface area contributed by atoms with Crippen molar-refractivity contribution in [1.29, 1.82) is 0 Å². The zero-order valence-corrected chi connectivity index (χ0v) is 11.3. The molecule has 1 rings (SSSR count). The Morgan fingerprint density at radius 3 is 2.94 bits per heavy atom. The molecule has 0 atom stereocenters. The van der Waals surface area contributed by atoms with Gasteiger partial charge in [0.15, 0.2) is 0 Å². The number of nitrogens with two attached hydrogens (primary N) is 1. The molecule has 1 aromatic rings. The van der Waals surface area contributed by atoms with E-state index >= 15 is 0 Å². The third-order valence-corrected chi connectivity index (χ3v) is 3.19. The number of carbonyl (C=O) groups is 1. The summed E-state index contributed by atoms with van der Waals surface area (Å²) < 4.78 is 0. The third kappa shape index (κ3) is 5.26. The van der Waals surface area contributed by atoms with Crippen LogP contribution in [0.3, 0.4) is 0 Å². The van der Waals surface area contributed by atoms with Crippen LogP contribution in [0.1, 0.15) is 18.1 Å². The van der Waals surface area contributed by atoms with Crippen molar-refractivity contribution in [3.8, 4) is 11.8 Å². The highest BCUT2D eigenvalue weighted by molar-refractivity contribution is 7.99. The predicted octanol–water partition coefficient (Wildman–Crippen LogP) is 1.37. The largest absolute Gasteiger partial charge is 0.356 e. The molecule has 0 aliphatic carbocycles. The minimum absolute atomic E-state index is 0.0769. The normalized spacial score (nSPS) is 9.44. The smallest absolute Gasteiger partial charge is 0.229 e. The van der Waals surface area contributed by atoms with E-state index in [4.69, 9.17) is 5.73 Å². The van der Waals surface area contributed by atoms with E-state index in [1.165, 1.54) is 0 Å². The van der Waals surface area contributed by atoms with Gasteiger partial charge < -0.3 is 11.1 Å². The van der Waals surface area contributed by atoms with Crippen LogP contribution in [0.15, 0.2) is 24.3 Å². The maximum absolute atomic E-state index is 11.3. The van der Waals surface area contributed by atoms with Gasteiger partial charge in [0, 0.05) is 17.9 Å². The van der Waals surface area contributed by atoms with Gasteiger partial charge >= 0.3 is 0 Å². The van der Waals surface area contributed by atoms with Crippen LogP contribution in [0.4, 0.5) is 0 Å². The van der Waals surface area contributed by atoms with E-state index in [-0.39, 0.29) is 5.91 Å². The van der Waals surface area contributed by atoms with Crippen molar-refractivity contribution in [2.24, 2.45) is 5.73 Å². The number of thioether (sulfide) groups is 1. The summed E-state index contributed by atoms with van der Waals surface area (Å²) in [4.78, 5) is 11.3. The van der Waals surface area contributed by atoms with Crippen LogP contribution in [0.5, 0.6) is 0 Å². The molecular weight excluding hydrogens is 244 g/mol. The van der Waals surface area contributed by atoms with Crippen LogP contribution in [0, 0.1) is 11.8 Å². The van der Waals surface area contributed by atoms with E-state index in [9.17, 15) is 4.79 Å². The lowest BCUT2D eigenvalue weighted by molar-refractivity contribution is -0.118. The first-order valence-corrected chi connectivity index (χ1v) is 7.04. The fourth-order valence-corrected chi connectivity index (χ4v) is 2.28. The number of rotatable bonds is 5. The van der Waals surface area contributed by atoms with Crippen molar-refractivity contribution < 1.29 is 4.79 Å². The Balaban J connectivity index is 2.54. The molecule has 0 unspecified atom stereocenters. The molecule has 0 radical (unpaired) electrons. The molecule has 0 aliphatic rings. The van der Waals surface area contributed by atoms with E-state index < -0.39 is 0 Å². The predicted molar refractivity (Wildman–Crippen MR) is 77.2 cm³/mol. The Labute approximate surface area is 113 Å². The molecule has 1 aromatic carbocycles. The molecule has 0 aromatic heterocycles. The number of hydrogen-bond acceptors (Lipinski definition) is 3. The summed E-state index contributed by atoms with van der Waals surface area (Å²) in [7, 11) is 0. The van der Waals surface area contributed by atoms with Crippen molar-refractivity contribution >= 4 is 17.7 Å². The van der Waals surface area contributed by atoms with Gasteiger partial charge in [-0.05, 0) is 18.6 Å². The second-order valence-corrected chi connectivity index (χ2v) is 4.59. The van der Waals surface area contributed by atoms with E-state index in [0.717, 1.165) is 16.9 Å². The molecule has 0 saturated heterocycles. The van der Waals surface area contributed by atoms with E-state index in [1.807, 2.05) is 31.2 Å². The van der Waals surface area contributed by atoms with E-state index in [2.05, 4.69) is 17.2 Å². The van der Waals surface area contributed by atoms with Crippen LogP contribution in [0.25, 0.3) is 0 Å². The number of nitrogens with one attached hydrogen (secondary N) is 1. The van der Waals surface area contributed by atoms with Gasteiger partial charge in [0.1, 0.15) is 0 Å². The maximum atomic E-state index is 11.3. The lowest BCUT2D eigenvalue weighted by atomic mass is 10.1. The highest BCUT2D eigenvalue weighted by Crippen LogP contribution is 2.15. The summed E-state index contributed by atoms with van der Waals surface area (Å²) in [5.74, 6) is 7.24. The molecule has 4 heteroatoms. The summed E-state index contributed by atoms with van der Waals surface area (Å²) in [6.45, 7) is 2.96. The van der Waals surface area contributed by atoms with Crippen LogP contribution in [0.2, 0.25) is 0 Å². The molecule has 0 spiro atoms. The molecular formula is C14H18N2OS. The van der Waals surface area contributed by atoms with Crippen LogP contribution >= 0.6 is 11.8 Å². The highest BCUT2D eigenvalue weighted by atomic mass is 32.2. The summed E-state index contributed by atoms with van der Waals surface area (Å²) in [5, 5.41) is 2.78. The average molecular weight is 262 g/mol. The van der Waals surface area contributed by atoms with Crippen molar-refractivity contribution in [3.05, 3.63) is 35.4 Å². The van der Waals surface area contributed by atoms with Crippen molar-refractivity contribution in [1.82, 2.24) is 5.32 Å². The summed E-state index contributed by atoms with van der Waals surface area (Å²) >= 11 is 1.59. The lowest BCUT2D eigenvalue weighted by Crippen LogP contribution is -2.24. The van der Waals surface area contributed by atoms with Gasteiger partial charge in [-0.1, -0.05) is 30.0 Å². The minimum Gasteiger partial charge on any atom is -0.356 e. The second kappa shape index (κ2) is 8.62. The number of amides is 1. The molecule has 1 amide bonds. The fourth-order valence-electron chi connectivity index (χ4n) is 1.42. The Morgan fingerprint density at radius 1 is 1.44 bits per heavy atom. The molecule has 0 saturated carbocycles. The molecule has 0 bridgehead atoms. The quantitative estimate of drug-likeness (QED) is 0.788. The zero-order chi connectivity index (χ0) is 13.2. The monoisotopic (exact) mass is 262 g/mol. The molecule has 18 heavy (non-hydrogen) atoms. The van der Waals surface area contributed by atoms with Gasteiger partial charge in [-0.3, -0.25) is 4.79 Å². The van der Waals surface area contributed by atoms with E-state index in [1.54, 1.807) is 11.8 Å². The lowest BCUT2D eigenvalue weighted by Gasteiger charge is -2.05. The number of benzene rings is 1. The Bertz CT molecular complexity index is 449. The number of hydrogen-bond donors (Lipinski definition) is 2. The van der Waals surface area contributed by atoms with Crippen LogP contribution in [-0.2, 0) is 10.5 Å². The maximum Gasteiger partial charge on any atom is 0.229 e. The third-order valence-electron chi connectivity index (χ3n) is 2.21. The summed E-state index contributed by atoms with van der Waals surface area (Å²) in [5.41, 5.74) is 7.51. The topological polar surface area (TPSA) is 55.1 Å². The minimum atomic E-state index is 0.0769. The SMILES string of the molecule is CCNC(=O)CSCc1ccccc1C#CCN. The summed E-state index contributed by atoms with van der Waals surface area (Å²) in [6, 6.07) is 7.95. The zero-order valence-electron chi connectivity index (χ0n) is 10.5. The van der Waals surface area contributed by atoms with Gasteiger partial charge in [-0.2, -0.15) is 0 Å². The van der Waals surface area contributed by atoms with Gasteiger partial charge in [-0.15, -0.1) is 11.8 Å². The van der Waals surface area contributed by atoms with Gasteiger partial charge in [-0.25, -0.2) is 0 Å². The molecule has 0 heterocycles. The standard InChI is InChI=1S/C14H18N2OS/c1-2-16-14(17)11-18-10-13-7-4-3-6-12(13)8-5-9-15/h3-4,6-7H,2,9-11,15H2,1H3,(H,16,17). The highest BCUT2D eigenvalue weighted by Gasteiger charge is 2.02. The molecule has 96 valence electrons. The summed E-state index contributed by atoms with van der Waals surface area (Å²) in [6.07, 6.45) is 0. The average Bonchev–Trinajstić information content (AvgIpc) is 2.38. The van der Waals surface area contributed by atoms with Crippen molar-refractivity contribution in [2.75, 3.05) is 18.8 Å². The molecule has 0 fully saturated rings. The first-order chi connectivity index (χ1) is 8.77. The van der Waals surface area contributed by atoms with Gasteiger partial charge in [0.25, 0.3) is 0 Å². The van der Waals surface area contributed by atoms with Crippen molar-refractivity contribution in [2.45, 2.75) is 12.7 Å². The van der Waals surface area contributed by atoms with Gasteiger partial charge in [0.05, 0.1) is 12.3 Å². The van der Waals surface area contributed by atoms with Crippen LogP contribution < -0.4 is 11.1 Å². The number of carbonyl (C=O) groups excluding carboxylic acids is 1. The van der Waals surface area contributed by atoms with Gasteiger partial charge in [0.2, 0.25) is 5.91 Å². The molecule has 0 aliphatic heterocycles. The first-order valence-electron chi connectivity index (χ1n) is 5.89. The second-order valence-electron chi connectivity index (χ2n) is 3.61. The van der Waals surface area contributed by atoms with E-state index in [0.29, 0.717) is 18.8 Å². The Kier molecular flexibility index (Phi) is 7.00. The fraction of sp³-hybridized carbons (Fsp3) is 0.357.